The normalized spacial score (nSPS) is 19.7. The Hall–Kier alpha value is -0.700. The minimum atomic E-state index is 0.854. The van der Waals surface area contributed by atoms with E-state index in [1.54, 1.807) is 0 Å². The third-order valence-electron chi connectivity index (χ3n) is 3.19. The van der Waals surface area contributed by atoms with Crippen molar-refractivity contribution in [3.63, 3.8) is 0 Å². The van der Waals surface area contributed by atoms with Crippen LogP contribution in [0.3, 0.4) is 0 Å². The Morgan fingerprint density at radius 1 is 1.36 bits per heavy atom. The molecule has 0 aliphatic heterocycles. The average Bonchev–Trinajstić information content (AvgIpc) is 2.82. The van der Waals surface area contributed by atoms with Gasteiger partial charge in [-0.15, -0.1) is 0 Å². The molecule has 1 aromatic heterocycles. The van der Waals surface area contributed by atoms with Crippen molar-refractivity contribution in [1.29, 1.82) is 0 Å². The van der Waals surface area contributed by atoms with E-state index in [1.165, 1.54) is 36.9 Å². The van der Waals surface area contributed by atoms with Crippen molar-refractivity contribution >= 4 is 12.2 Å². The zero-order chi connectivity index (χ0) is 9.54. The van der Waals surface area contributed by atoms with Crippen LogP contribution in [0.2, 0.25) is 0 Å². The van der Waals surface area contributed by atoms with Gasteiger partial charge in [-0.25, -0.2) is 4.98 Å². The molecular weight excluding hydrogens is 192 g/mol. The van der Waals surface area contributed by atoms with E-state index < -0.39 is 0 Å². The van der Waals surface area contributed by atoms with E-state index in [0.717, 1.165) is 29.2 Å². The van der Waals surface area contributed by atoms with Gasteiger partial charge in [0.05, 0.1) is 0 Å². The number of rotatable bonds is 2. The van der Waals surface area contributed by atoms with Crippen LogP contribution in [0, 0.1) is 10.6 Å². The van der Waals surface area contributed by atoms with Crippen molar-refractivity contribution < 1.29 is 0 Å². The molecule has 1 heterocycles. The molecule has 74 valence electrons. The van der Waals surface area contributed by atoms with E-state index in [0.29, 0.717) is 0 Å². The molecule has 0 unspecified atom stereocenters. The van der Waals surface area contributed by atoms with Gasteiger partial charge in [0, 0.05) is 17.7 Å². The van der Waals surface area contributed by atoms with E-state index in [-0.39, 0.29) is 0 Å². The first kappa shape index (κ1) is 8.60. The predicted molar refractivity (Wildman–Crippen MR) is 57.9 cm³/mol. The first-order valence-electron chi connectivity index (χ1n) is 5.44. The van der Waals surface area contributed by atoms with E-state index in [9.17, 15) is 0 Å². The highest BCUT2D eigenvalue weighted by Crippen LogP contribution is 2.32. The molecule has 0 aromatic carbocycles. The molecule has 3 heteroatoms. The third-order valence-corrected chi connectivity index (χ3v) is 3.52. The number of aromatic nitrogens is 2. The largest absolute Gasteiger partial charge is 0.347 e. The van der Waals surface area contributed by atoms with Crippen molar-refractivity contribution in [2.24, 2.45) is 5.92 Å². The summed E-state index contributed by atoms with van der Waals surface area (Å²) in [5.41, 5.74) is 2.67. The van der Waals surface area contributed by atoms with Crippen molar-refractivity contribution in [1.82, 2.24) is 9.97 Å². The Balaban J connectivity index is 1.98. The first-order chi connectivity index (χ1) is 6.83. The molecular formula is C11H14N2S. The van der Waals surface area contributed by atoms with Crippen LogP contribution in [0.5, 0.6) is 0 Å². The molecule has 0 radical (unpaired) electrons. The van der Waals surface area contributed by atoms with Crippen LogP contribution in [0.15, 0.2) is 0 Å². The van der Waals surface area contributed by atoms with Gasteiger partial charge >= 0.3 is 0 Å². The lowest BCUT2D eigenvalue weighted by molar-refractivity contribution is 0.756. The summed E-state index contributed by atoms with van der Waals surface area (Å²) in [5, 5.41) is 0. The smallest absolute Gasteiger partial charge is 0.133 e. The summed E-state index contributed by atoms with van der Waals surface area (Å²) in [6.45, 7) is 0. The van der Waals surface area contributed by atoms with Gasteiger partial charge in [0.15, 0.2) is 0 Å². The Labute approximate surface area is 88.8 Å². The zero-order valence-corrected chi connectivity index (χ0v) is 8.99. The second-order valence-corrected chi connectivity index (χ2v) is 4.83. The van der Waals surface area contributed by atoms with Gasteiger partial charge in [-0.1, -0.05) is 12.2 Å². The molecule has 0 spiro atoms. The SMILES string of the molecule is S=c1nc(CC2CC2)[nH]c2c1CCC2. The fourth-order valence-electron chi connectivity index (χ4n) is 2.20. The van der Waals surface area contributed by atoms with Crippen molar-refractivity contribution in [3.8, 4) is 0 Å². The van der Waals surface area contributed by atoms with Crippen LogP contribution in [0.4, 0.5) is 0 Å². The Kier molecular flexibility index (Phi) is 1.94. The third kappa shape index (κ3) is 1.50. The van der Waals surface area contributed by atoms with Gasteiger partial charge in [0.2, 0.25) is 0 Å². The number of hydrogen-bond acceptors (Lipinski definition) is 2. The van der Waals surface area contributed by atoms with Crippen molar-refractivity contribution in [3.05, 3.63) is 21.7 Å². The second kappa shape index (κ2) is 3.16. The number of aromatic amines is 1. The highest BCUT2D eigenvalue weighted by molar-refractivity contribution is 7.71. The highest BCUT2D eigenvalue weighted by Gasteiger charge is 2.23. The summed E-state index contributed by atoms with van der Waals surface area (Å²) >= 11 is 5.31. The molecule has 0 amide bonds. The summed E-state index contributed by atoms with van der Waals surface area (Å²) in [6, 6.07) is 0. The fourth-order valence-corrected chi connectivity index (χ4v) is 2.54. The molecule has 1 fully saturated rings. The van der Waals surface area contributed by atoms with E-state index in [1.807, 2.05) is 0 Å². The maximum Gasteiger partial charge on any atom is 0.133 e. The average molecular weight is 206 g/mol. The van der Waals surface area contributed by atoms with E-state index >= 15 is 0 Å². The fraction of sp³-hybridized carbons (Fsp3) is 0.636. The molecule has 14 heavy (non-hydrogen) atoms. The quantitative estimate of drug-likeness (QED) is 0.753. The molecule has 1 N–H and O–H groups in total. The first-order valence-corrected chi connectivity index (χ1v) is 5.84. The summed E-state index contributed by atoms with van der Waals surface area (Å²) < 4.78 is 0.854. The van der Waals surface area contributed by atoms with Crippen LogP contribution in [-0.2, 0) is 19.3 Å². The molecule has 0 atom stereocenters. The lowest BCUT2D eigenvalue weighted by Gasteiger charge is -2.04. The Morgan fingerprint density at radius 3 is 3.00 bits per heavy atom. The monoisotopic (exact) mass is 206 g/mol. The number of aryl methyl sites for hydroxylation is 1. The van der Waals surface area contributed by atoms with Crippen LogP contribution < -0.4 is 0 Å². The minimum absolute atomic E-state index is 0.854. The number of H-pyrrole nitrogens is 1. The second-order valence-electron chi connectivity index (χ2n) is 4.45. The van der Waals surface area contributed by atoms with Gasteiger partial charge in [-0.3, -0.25) is 0 Å². The molecule has 2 nitrogen and oxygen atoms in total. The Morgan fingerprint density at radius 2 is 2.21 bits per heavy atom. The van der Waals surface area contributed by atoms with Crippen LogP contribution in [0.1, 0.15) is 36.3 Å². The van der Waals surface area contributed by atoms with Gasteiger partial charge in [-0.05, 0) is 38.0 Å². The molecule has 0 saturated heterocycles. The molecule has 2 aliphatic rings. The molecule has 2 aliphatic carbocycles. The van der Waals surface area contributed by atoms with Gasteiger partial charge in [0.1, 0.15) is 10.5 Å². The number of nitrogens with one attached hydrogen (secondary N) is 1. The number of nitrogens with zero attached hydrogens (tertiary/aromatic N) is 1. The summed E-state index contributed by atoms with van der Waals surface area (Å²) in [7, 11) is 0. The molecule has 3 rings (SSSR count). The van der Waals surface area contributed by atoms with Crippen LogP contribution in [0.25, 0.3) is 0 Å². The molecule has 0 bridgehead atoms. The Bertz CT molecular complexity index is 418. The van der Waals surface area contributed by atoms with E-state index in [2.05, 4.69) is 9.97 Å². The number of hydrogen-bond donors (Lipinski definition) is 1. The number of fused-ring (bicyclic) bond motifs is 1. The van der Waals surface area contributed by atoms with Crippen molar-refractivity contribution in [2.75, 3.05) is 0 Å². The van der Waals surface area contributed by atoms with Gasteiger partial charge in [-0.2, -0.15) is 0 Å². The lowest BCUT2D eigenvalue weighted by atomic mass is 10.2. The maximum absolute atomic E-state index is 5.31. The van der Waals surface area contributed by atoms with Crippen LogP contribution in [-0.4, -0.2) is 9.97 Å². The maximum atomic E-state index is 5.31. The zero-order valence-electron chi connectivity index (χ0n) is 8.18. The summed E-state index contributed by atoms with van der Waals surface area (Å²) in [5.74, 6) is 2.01. The topological polar surface area (TPSA) is 28.7 Å². The van der Waals surface area contributed by atoms with Gasteiger partial charge in [0.25, 0.3) is 0 Å². The standard InChI is InChI=1S/C11H14N2S/c14-11-8-2-1-3-9(8)12-10(13-11)6-7-4-5-7/h7H,1-6H2,(H,12,13,14). The molecule has 1 saturated carbocycles. The predicted octanol–water partition coefficient (Wildman–Crippen LogP) is 2.58. The summed E-state index contributed by atoms with van der Waals surface area (Å²) in [6.07, 6.45) is 7.39. The van der Waals surface area contributed by atoms with Crippen molar-refractivity contribution in [2.45, 2.75) is 38.5 Å². The van der Waals surface area contributed by atoms with Gasteiger partial charge < -0.3 is 4.98 Å². The minimum Gasteiger partial charge on any atom is -0.347 e. The van der Waals surface area contributed by atoms with Crippen LogP contribution >= 0.6 is 12.2 Å². The van der Waals surface area contributed by atoms with E-state index in [4.69, 9.17) is 12.2 Å². The summed E-state index contributed by atoms with van der Waals surface area (Å²) in [4.78, 5) is 7.94. The highest BCUT2D eigenvalue weighted by atomic mass is 32.1. The molecule has 1 aromatic rings. The lowest BCUT2D eigenvalue weighted by Crippen LogP contribution is -2.01.